The molecule has 2 bridgehead atoms. The van der Waals surface area contributed by atoms with Gasteiger partial charge in [0.2, 0.25) is 0 Å². The van der Waals surface area contributed by atoms with Crippen molar-refractivity contribution >= 4 is 6.03 Å². The van der Waals surface area contributed by atoms with E-state index in [0.29, 0.717) is 18.2 Å². The van der Waals surface area contributed by atoms with Crippen molar-refractivity contribution in [1.29, 1.82) is 0 Å². The van der Waals surface area contributed by atoms with Crippen LogP contribution in [0.25, 0.3) is 0 Å². The summed E-state index contributed by atoms with van der Waals surface area (Å²) in [5.41, 5.74) is 3.04. The average Bonchev–Trinajstić information content (AvgIpc) is 3.40. The number of carbonyl (C=O) groups excluding carboxylic acids is 1. The summed E-state index contributed by atoms with van der Waals surface area (Å²) >= 11 is 0. The first kappa shape index (κ1) is 19.9. The van der Waals surface area contributed by atoms with E-state index < -0.39 is 0 Å². The maximum atomic E-state index is 13.6. The number of rotatable bonds is 4. The molecule has 3 heterocycles. The molecule has 31 heavy (non-hydrogen) atoms. The fourth-order valence-electron chi connectivity index (χ4n) is 5.22. The molecule has 2 fully saturated rings. The normalized spacial score (nSPS) is 26.3. The van der Waals surface area contributed by atoms with Gasteiger partial charge in [0.05, 0.1) is 6.04 Å². The Kier molecular flexibility index (Phi) is 5.29. The first-order valence-electron chi connectivity index (χ1n) is 10.9. The van der Waals surface area contributed by atoms with Gasteiger partial charge in [-0.1, -0.05) is 24.1 Å². The molecule has 5 nitrogen and oxygen atoms in total. The summed E-state index contributed by atoms with van der Waals surface area (Å²) in [6.45, 7) is 3.92. The molecule has 2 unspecified atom stereocenters. The van der Waals surface area contributed by atoms with E-state index in [4.69, 9.17) is 11.2 Å². The van der Waals surface area contributed by atoms with Gasteiger partial charge in [-0.05, 0) is 66.3 Å². The number of halogens is 1. The molecule has 0 radical (unpaired) electrons. The third-order valence-corrected chi connectivity index (χ3v) is 6.76. The summed E-state index contributed by atoms with van der Waals surface area (Å²) in [5, 5.41) is 3.28. The van der Waals surface area contributed by atoms with Gasteiger partial charge >= 0.3 is 6.03 Å². The van der Waals surface area contributed by atoms with Gasteiger partial charge in [0.1, 0.15) is 18.2 Å². The summed E-state index contributed by atoms with van der Waals surface area (Å²) in [7, 11) is 0. The van der Waals surface area contributed by atoms with E-state index in [1.54, 1.807) is 12.1 Å². The van der Waals surface area contributed by atoms with Crippen molar-refractivity contribution in [3.63, 3.8) is 0 Å². The van der Waals surface area contributed by atoms with Crippen molar-refractivity contribution in [1.82, 2.24) is 15.1 Å². The quantitative estimate of drug-likeness (QED) is 0.775. The maximum Gasteiger partial charge on any atom is 0.318 e. The van der Waals surface area contributed by atoms with Crippen LogP contribution in [0.1, 0.15) is 29.2 Å². The number of hydrogen-bond acceptors (Lipinski definition) is 3. The summed E-state index contributed by atoms with van der Waals surface area (Å²) in [5.74, 6) is 3.40. The van der Waals surface area contributed by atoms with Gasteiger partial charge < -0.3 is 19.9 Å². The van der Waals surface area contributed by atoms with Gasteiger partial charge in [-0.15, -0.1) is 6.42 Å². The highest BCUT2D eigenvalue weighted by molar-refractivity contribution is 5.76. The predicted molar refractivity (Wildman–Crippen MR) is 116 cm³/mol. The molecule has 3 aliphatic rings. The standard InChI is InChI=1S/C25H26FN3O2/c1-2-13-31-21-8-5-17-10-12-29(25(30)27-23-16-28-11-9-19(23)15-28)24(22(17)14-21)18-3-6-20(26)7-4-18/h1,3-8,14,19,23-24H,9-13,15-16H2,(H,27,30)/t19?,23-,24+/m1/s1. The van der Waals surface area contributed by atoms with Crippen molar-refractivity contribution in [3.8, 4) is 18.1 Å². The molecule has 2 saturated heterocycles. The van der Waals surface area contributed by atoms with Gasteiger partial charge in [-0.2, -0.15) is 0 Å². The van der Waals surface area contributed by atoms with Crippen LogP contribution in [0.5, 0.6) is 5.75 Å². The van der Waals surface area contributed by atoms with Crippen molar-refractivity contribution < 1.29 is 13.9 Å². The first-order chi connectivity index (χ1) is 15.1. The highest BCUT2D eigenvalue weighted by atomic mass is 19.1. The summed E-state index contributed by atoms with van der Waals surface area (Å²) < 4.78 is 19.3. The zero-order chi connectivity index (χ0) is 21.4. The lowest BCUT2D eigenvalue weighted by Crippen LogP contribution is -2.52. The molecule has 1 N–H and O–H groups in total. The van der Waals surface area contributed by atoms with Crippen molar-refractivity contribution in [2.75, 3.05) is 32.8 Å². The molecule has 0 aliphatic carbocycles. The van der Waals surface area contributed by atoms with Gasteiger partial charge in [0.15, 0.2) is 0 Å². The van der Waals surface area contributed by atoms with E-state index in [1.807, 2.05) is 23.1 Å². The van der Waals surface area contributed by atoms with E-state index in [1.165, 1.54) is 12.1 Å². The van der Waals surface area contributed by atoms with Crippen LogP contribution in [-0.4, -0.2) is 54.7 Å². The molecule has 6 heteroatoms. The number of amides is 2. The summed E-state index contributed by atoms with van der Waals surface area (Å²) in [6.07, 6.45) is 7.24. The first-order valence-corrected chi connectivity index (χ1v) is 10.9. The number of urea groups is 1. The minimum absolute atomic E-state index is 0.0614. The second-order valence-corrected chi connectivity index (χ2v) is 8.62. The van der Waals surface area contributed by atoms with E-state index in [2.05, 4.69) is 16.1 Å². The highest BCUT2D eigenvalue weighted by Crippen LogP contribution is 2.38. The molecule has 2 aromatic carbocycles. The maximum absolute atomic E-state index is 13.6. The van der Waals surface area contributed by atoms with Gasteiger partial charge in [-0.25, -0.2) is 9.18 Å². The topological polar surface area (TPSA) is 44.8 Å². The fraction of sp³-hybridized carbons (Fsp3) is 0.400. The van der Waals surface area contributed by atoms with Crippen LogP contribution in [-0.2, 0) is 6.42 Å². The molecule has 0 saturated carbocycles. The van der Waals surface area contributed by atoms with E-state index in [9.17, 15) is 9.18 Å². The minimum atomic E-state index is -0.308. The zero-order valence-electron chi connectivity index (χ0n) is 17.4. The van der Waals surface area contributed by atoms with Gasteiger partial charge in [-0.3, -0.25) is 0 Å². The molecule has 3 aliphatic heterocycles. The van der Waals surface area contributed by atoms with E-state index in [0.717, 1.165) is 49.2 Å². The third-order valence-electron chi connectivity index (χ3n) is 6.76. The number of piperidine rings is 1. The minimum Gasteiger partial charge on any atom is -0.481 e. The second-order valence-electron chi connectivity index (χ2n) is 8.62. The molecule has 160 valence electrons. The molecular weight excluding hydrogens is 393 g/mol. The Bertz CT molecular complexity index is 1020. The summed E-state index contributed by atoms with van der Waals surface area (Å²) in [6, 6.07) is 12.1. The number of benzene rings is 2. The Balaban J connectivity index is 1.46. The Morgan fingerprint density at radius 3 is 2.74 bits per heavy atom. The Morgan fingerprint density at radius 2 is 2.03 bits per heavy atom. The molecular formula is C25H26FN3O2. The van der Waals surface area contributed by atoms with Crippen molar-refractivity contribution in [2.24, 2.45) is 5.92 Å². The molecule has 2 aromatic rings. The number of nitrogens with zero attached hydrogens (tertiary/aromatic N) is 2. The molecule has 0 aromatic heterocycles. The molecule has 0 spiro atoms. The Labute approximate surface area is 182 Å². The van der Waals surface area contributed by atoms with Crippen LogP contribution >= 0.6 is 0 Å². The summed E-state index contributed by atoms with van der Waals surface area (Å²) in [4.78, 5) is 17.7. The second kappa shape index (κ2) is 8.24. The SMILES string of the molecule is C#CCOc1ccc2c(c1)[C@H](c1ccc(F)cc1)N(C(=O)N[C@@H]1CN3CCC1C3)CC2. The third kappa shape index (κ3) is 3.86. The van der Waals surface area contributed by atoms with Crippen LogP contribution < -0.4 is 10.1 Å². The van der Waals surface area contributed by atoms with Crippen LogP contribution in [0.2, 0.25) is 0 Å². The van der Waals surface area contributed by atoms with Crippen molar-refractivity contribution in [2.45, 2.75) is 24.9 Å². The van der Waals surface area contributed by atoms with Gasteiger partial charge in [0, 0.05) is 25.7 Å². The number of terminal acetylenes is 1. The number of hydrogen-bond donors (Lipinski definition) is 1. The Morgan fingerprint density at radius 1 is 1.19 bits per heavy atom. The van der Waals surface area contributed by atoms with Crippen LogP contribution in [0.3, 0.4) is 0 Å². The van der Waals surface area contributed by atoms with Crippen LogP contribution in [0.4, 0.5) is 9.18 Å². The van der Waals surface area contributed by atoms with Crippen LogP contribution in [0.15, 0.2) is 42.5 Å². The molecule has 2 amide bonds. The lowest BCUT2D eigenvalue weighted by molar-refractivity contribution is 0.171. The van der Waals surface area contributed by atoms with Crippen LogP contribution in [0, 0.1) is 24.1 Å². The highest BCUT2D eigenvalue weighted by Gasteiger charge is 2.40. The number of carbonyl (C=O) groups is 1. The Hall–Kier alpha value is -3.04. The van der Waals surface area contributed by atoms with Crippen molar-refractivity contribution in [3.05, 3.63) is 65.0 Å². The monoisotopic (exact) mass is 419 g/mol. The van der Waals surface area contributed by atoms with E-state index in [-0.39, 0.29) is 30.5 Å². The lowest BCUT2D eigenvalue weighted by Gasteiger charge is -2.39. The van der Waals surface area contributed by atoms with Gasteiger partial charge in [0.25, 0.3) is 0 Å². The largest absolute Gasteiger partial charge is 0.481 e. The van der Waals surface area contributed by atoms with E-state index >= 15 is 0 Å². The number of ether oxygens (including phenoxy) is 1. The molecule has 4 atom stereocenters. The average molecular weight is 420 g/mol. The molecule has 5 rings (SSSR count). The lowest BCUT2D eigenvalue weighted by atomic mass is 9.88. The number of fused-ring (bicyclic) bond motifs is 3. The predicted octanol–water partition coefficient (Wildman–Crippen LogP) is 3.20. The zero-order valence-corrected chi connectivity index (χ0v) is 17.4. The number of nitrogens with one attached hydrogen (secondary N) is 1. The fourth-order valence-corrected chi connectivity index (χ4v) is 5.22. The smallest absolute Gasteiger partial charge is 0.318 e.